The lowest BCUT2D eigenvalue weighted by Gasteiger charge is -2.30. The van der Waals surface area contributed by atoms with E-state index in [0.717, 1.165) is 81.9 Å². The summed E-state index contributed by atoms with van der Waals surface area (Å²) in [7, 11) is 3.77. The van der Waals surface area contributed by atoms with Crippen molar-refractivity contribution in [3.05, 3.63) is 49.3 Å². The molecule has 8 rings (SSSR count). The summed E-state index contributed by atoms with van der Waals surface area (Å²) in [6, 6.07) is 6.24. The maximum Gasteiger partial charge on any atom is 0.229 e. The summed E-state index contributed by atoms with van der Waals surface area (Å²) in [5.41, 5.74) is 2.77. The molecule has 264 valence electrons. The van der Waals surface area contributed by atoms with Crippen LogP contribution in [0.3, 0.4) is 0 Å². The second-order valence-electron chi connectivity index (χ2n) is 15.7. The molecular weight excluding hydrogens is 630 g/mol. The van der Waals surface area contributed by atoms with Gasteiger partial charge in [-0.25, -0.2) is 9.97 Å². The van der Waals surface area contributed by atoms with Gasteiger partial charge in [0.2, 0.25) is 11.9 Å². The first-order valence-electron chi connectivity index (χ1n) is 17.4. The van der Waals surface area contributed by atoms with Crippen LogP contribution >= 0.6 is 0 Å². The lowest BCUT2D eigenvalue weighted by molar-refractivity contribution is 0.212. The Morgan fingerprint density at radius 1 is 0.720 bits per heavy atom. The molecule has 15 nitrogen and oxygen atoms in total. The Morgan fingerprint density at radius 3 is 1.60 bits per heavy atom. The first-order chi connectivity index (χ1) is 23.9. The summed E-state index contributed by atoms with van der Waals surface area (Å²) in [5.74, 6) is 3.14. The van der Waals surface area contributed by atoms with E-state index in [2.05, 4.69) is 84.6 Å². The smallest absolute Gasteiger partial charge is 0.229 e. The van der Waals surface area contributed by atoms with Crippen LogP contribution in [0.5, 0.6) is 0 Å². The molecule has 4 fully saturated rings. The molecular formula is C35H49N15. The minimum Gasteiger partial charge on any atom is -0.355 e. The molecule has 0 unspecified atom stereocenters. The van der Waals surface area contributed by atoms with Crippen molar-refractivity contribution in [2.75, 3.05) is 79.3 Å². The summed E-state index contributed by atoms with van der Waals surface area (Å²) in [4.78, 5) is 25.3. The van der Waals surface area contributed by atoms with Gasteiger partial charge in [-0.05, 0) is 12.1 Å². The molecule has 0 spiro atoms. The molecule has 0 saturated carbocycles. The second-order valence-corrected chi connectivity index (χ2v) is 15.7. The van der Waals surface area contributed by atoms with Crippen molar-refractivity contribution in [1.29, 1.82) is 5.26 Å². The predicted octanol–water partition coefficient (Wildman–Crippen LogP) is 3.41. The molecule has 4 aromatic rings. The van der Waals surface area contributed by atoms with Crippen LogP contribution in [0, 0.1) is 33.0 Å². The van der Waals surface area contributed by atoms with Gasteiger partial charge in [-0.1, -0.05) is 27.7 Å². The monoisotopic (exact) mass is 679 g/mol. The van der Waals surface area contributed by atoms with Gasteiger partial charge in [0.25, 0.3) is 0 Å². The third-order valence-corrected chi connectivity index (χ3v) is 11.6. The topological polar surface area (TPSA) is 157 Å². The fraction of sp³-hybridized carbons (Fsp3) is 0.571. The van der Waals surface area contributed by atoms with Gasteiger partial charge < -0.3 is 30.7 Å². The Balaban J connectivity index is 0.000000159. The van der Waals surface area contributed by atoms with E-state index < -0.39 is 0 Å². The highest BCUT2D eigenvalue weighted by Gasteiger charge is 2.58. The number of nitrogens with one attached hydrogen (secondary N) is 3. The lowest BCUT2D eigenvalue weighted by atomic mass is 9.71. The van der Waals surface area contributed by atoms with E-state index in [1.807, 2.05) is 44.8 Å². The Morgan fingerprint density at radius 2 is 1.18 bits per heavy atom. The standard InChI is InChI=1S/C19H26N8.C16H23N7/c1-18-11-26(8-4-6-20)12-19(18,2)14-27(13-18)16-5-7-21-17(24-16)23-15-9-22-25(3)10-15;1-15-8-17-9-16(15,2)11-23(10-15)13-4-5-18-14(21-13)20-12-6-19-22(3)7-12/h5,7,9-10H,4,8,11-14H2,1-3H3,(H,21,23,24);4-7,17H,8-11H2,1-3H3,(H,18,20,21)/t18-,19+;15-,16+. The summed E-state index contributed by atoms with van der Waals surface area (Å²) in [5, 5.41) is 27.2. The van der Waals surface area contributed by atoms with Crippen molar-refractivity contribution < 1.29 is 0 Å². The average molecular weight is 680 g/mol. The molecule has 4 saturated heterocycles. The third kappa shape index (κ3) is 6.45. The van der Waals surface area contributed by atoms with Gasteiger partial charge in [-0.2, -0.15) is 25.4 Å². The lowest BCUT2D eigenvalue weighted by Crippen LogP contribution is -2.34. The molecule has 4 aromatic heterocycles. The second kappa shape index (κ2) is 12.8. The van der Waals surface area contributed by atoms with E-state index in [1.165, 1.54) is 0 Å². The number of hydrogen-bond donors (Lipinski definition) is 3. The van der Waals surface area contributed by atoms with Gasteiger partial charge >= 0.3 is 0 Å². The summed E-state index contributed by atoms with van der Waals surface area (Å²) in [6.07, 6.45) is 11.6. The fourth-order valence-corrected chi connectivity index (χ4v) is 8.33. The fourth-order valence-electron chi connectivity index (χ4n) is 8.33. The SMILES string of the molecule is Cn1cc(Nc2nccc(N3C[C@]4(C)CN(CCC#N)C[C@]4(C)C3)n2)cn1.Cn1cc(Nc2nccc(N3C[C@]4(C)CNC[C@]4(C)C3)n2)cn1. The number of nitriles is 1. The minimum atomic E-state index is 0.199. The number of fused-ring (bicyclic) bond motifs is 2. The molecule has 4 aliphatic heterocycles. The molecule has 0 radical (unpaired) electrons. The zero-order valence-electron chi connectivity index (χ0n) is 30.1. The predicted molar refractivity (Wildman–Crippen MR) is 193 cm³/mol. The number of rotatable bonds is 8. The highest BCUT2D eigenvalue weighted by atomic mass is 15.3. The van der Waals surface area contributed by atoms with E-state index in [0.29, 0.717) is 29.1 Å². The largest absolute Gasteiger partial charge is 0.355 e. The molecule has 0 bridgehead atoms. The first kappa shape index (κ1) is 33.7. The molecule has 0 aromatic carbocycles. The summed E-state index contributed by atoms with van der Waals surface area (Å²) >= 11 is 0. The molecule has 0 aliphatic carbocycles. The van der Waals surface area contributed by atoms with Gasteiger partial charge in [-0.3, -0.25) is 9.36 Å². The van der Waals surface area contributed by atoms with Gasteiger partial charge in [-0.15, -0.1) is 0 Å². The van der Waals surface area contributed by atoms with Crippen LogP contribution in [0.25, 0.3) is 0 Å². The minimum absolute atomic E-state index is 0.199. The van der Waals surface area contributed by atoms with Gasteiger partial charge in [0.15, 0.2) is 0 Å². The number of aryl methyl sites for hydroxylation is 2. The van der Waals surface area contributed by atoms with Crippen molar-refractivity contribution >= 4 is 34.9 Å². The molecule has 3 N–H and O–H groups in total. The number of aromatic nitrogens is 8. The van der Waals surface area contributed by atoms with Crippen LogP contribution in [-0.4, -0.2) is 103 Å². The van der Waals surface area contributed by atoms with E-state index in [-0.39, 0.29) is 10.8 Å². The van der Waals surface area contributed by atoms with Crippen molar-refractivity contribution in [2.24, 2.45) is 35.8 Å². The van der Waals surface area contributed by atoms with Gasteiger partial charge in [0.1, 0.15) is 11.6 Å². The number of hydrogen-bond acceptors (Lipinski definition) is 13. The van der Waals surface area contributed by atoms with Crippen LogP contribution in [0.1, 0.15) is 34.1 Å². The van der Waals surface area contributed by atoms with Crippen LogP contribution in [0.4, 0.5) is 34.9 Å². The van der Waals surface area contributed by atoms with Crippen LogP contribution in [0.15, 0.2) is 49.3 Å². The zero-order chi connectivity index (χ0) is 35.1. The highest BCUT2D eigenvalue weighted by Crippen LogP contribution is 2.52. The molecule has 15 heteroatoms. The molecule has 4 atom stereocenters. The average Bonchev–Trinajstić information content (AvgIpc) is 3.88. The maximum absolute atomic E-state index is 8.87. The van der Waals surface area contributed by atoms with Crippen LogP contribution in [0.2, 0.25) is 0 Å². The van der Waals surface area contributed by atoms with Gasteiger partial charge in [0.05, 0.1) is 29.8 Å². The van der Waals surface area contributed by atoms with E-state index in [4.69, 9.17) is 15.2 Å². The zero-order valence-corrected chi connectivity index (χ0v) is 30.1. The van der Waals surface area contributed by atoms with Gasteiger partial charge in [0, 0.05) is 126 Å². The van der Waals surface area contributed by atoms with Crippen LogP contribution in [-0.2, 0) is 14.1 Å². The number of nitrogens with zero attached hydrogens (tertiary/aromatic N) is 12. The Kier molecular flexibility index (Phi) is 8.63. The molecule has 8 heterocycles. The summed E-state index contributed by atoms with van der Waals surface area (Å²) < 4.78 is 3.50. The Bertz CT molecular complexity index is 1830. The third-order valence-electron chi connectivity index (χ3n) is 11.6. The van der Waals surface area contributed by atoms with Crippen molar-refractivity contribution in [1.82, 2.24) is 49.7 Å². The Labute approximate surface area is 294 Å². The molecule has 0 amide bonds. The molecule has 50 heavy (non-hydrogen) atoms. The number of likely N-dealkylation sites (tertiary alicyclic amines) is 1. The van der Waals surface area contributed by atoms with E-state index >= 15 is 0 Å². The van der Waals surface area contributed by atoms with E-state index in [9.17, 15) is 0 Å². The quantitative estimate of drug-likeness (QED) is 0.249. The van der Waals surface area contributed by atoms with Crippen molar-refractivity contribution in [3.63, 3.8) is 0 Å². The maximum atomic E-state index is 8.87. The van der Waals surface area contributed by atoms with Crippen molar-refractivity contribution in [3.8, 4) is 6.07 Å². The van der Waals surface area contributed by atoms with Crippen LogP contribution < -0.4 is 25.8 Å². The van der Waals surface area contributed by atoms with E-state index in [1.54, 1.807) is 28.0 Å². The Hall–Kier alpha value is -4.81. The normalized spacial score (nSPS) is 28.6. The molecule has 4 aliphatic rings. The summed E-state index contributed by atoms with van der Waals surface area (Å²) in [6.45, 7) is 18.6. The highest BCUT2D eigenvalue weighted by molar-refractivity contribution is 5.55. The number of anilines is 6. The van der Waals surface area contributed by atoms with Crippen molar-refractivity contribution in [2.45, 2.75) is 34.1 Å². The first-order valence-corrected chi connectivity index (χ1v) is 17.4.